The summed E-state index contributed by atoms with van der Waals surface area (Å²) in [6.07, 6.45) is 3.98. The van der Waals surface area contributed by atoms with E-state index in [-0.39, 0.29) is 19.2 Å². The van der Waals surface area contributed by atoms with Crippen LogP contribution >= 0.6 is 0 Å². The summed E-state index contributed by atoms with van der Waals surface area (Å²) in [6.45, 7) is -0.124. The average molecular weight is 271 g/mol. The first-order valence-corrected chi connectivity index (χ1v) is 6.99. The number of aryl methyl sites for hydroxylation is 1. The van der Waals surface area contributed by atoms with Crippen molar-refractivity contribution in [3.05, 3.63) is 41.1 Å². The van der Waals surface area contributed by atoms with E-state index in [0.29, 0.717) is 5.56 Å². The van der Waals surface area contributed by atoms with E-state index >= 15 is 0 Å². The maximum atomic E-state index is 12.3. The molecule has 0 spiro atoms. The number of ether oxygens (including phenoxy) is 1. The number of fused-ring (bicyclic) bond motifs is 2. The van der Waals surface area contributed by atoms with Crippen LogP contribution < -0.4 is 0 Å². The van der Waals surface area contributed by atoms with E-state index in [4.69, 9.17) is 9.84 Å². The third-order valence-electron chi connectivity index (χ3n) is 3.70. The van der Waals surface area contributed by atoms with Gasteiger partial charge in [-0.3, -0.25) is 4.98 Å². The summed E-state index contributed by atoms with van der Waals surface area (Å²) in [7, 11) is 0. The Morgan fingerprint density at radius 1 is 1.25 bits per heavy atom. The Labute approximate surface area is 117 Å². The summed E-state index contributed by atoms with van der Waals surface area (Å²) >= 11 is 0. The van der Waals surface area contributed by atoms with Gasteiger partial charge >= 0.3 is 5.97 Å². The third-order valence-corrected chi connectivity index (χ3v) is 3.70. The van der Waals surface area contributed by atoms with Gasteiger partial charge < -0.3 is 9.84 Å². The van der Waals surface area contributed by atoms with Crippen LogP contribution in [0.1, 0.15) is 34.5 Å². The molecule has 4 nitrogen and oxygen atoms in total. The molecule has 0 radical (unpaired) electrons. The van der Waals surface area contributed by atoms with Gasteiger partial charge in [0.25, 0.3) is 0 Å². The Bertz CT molecular complexity index is 651. The molecule has 0 amide bonds. The van der Waals surface area contributed by atoms with Gasteiger partial charge in [-0.2, -0.15) is 0 Å². The summed E-state index contributed by atoms with van der Waals surface area (Å²) in [4.78, 5) is 17.0. The van der Waals surface area contributed by atoms with Gasteiger partial charge in [0.15, 0.2) is 0 Å². The van der Waals surface area contributed by atoms with Gasteiger partial charge in [0, 0.05) is 11.1 Å². The second kappa shape index (κ2) is 5.59. The number of carbonyl (C=O) groups excluding carboxylic acids is 1. The molecule has 0 atom stereocenters. The topological polar surface area (TPSA) is 59.4 Å². The quantitative estimate of drug-likeness (QED) is 0.870. The molecule has 1 heterocycles. The molecule has 104 valence electrons. The van der Waals surface area contributed by atoms with E-state index in [1.807, 2.05) is 24.3 Å². The van der Waals surface area contributed by atoms with Crippen molar-refractivity contribution in [3.8, 4) is 0 Å². The number of aliphatic hydroxyl groups is 1. The van der Waals surface area contributed by atoms with Gasteiger partial charge in [0.1, 0.15) is 6.61 Å². The Morgan fingerprint density at radius 3 is 2.90 bits per heavy atom. The van der Waals surface area contributed by atoms with Crippen molar-refractivity contribution in [1.82, 2.24) is 4.98 Å². The van der Waals surface area contributed by atoms with Crippen molar-refractivity contribution in [2.75, 3.05) is 13.2 Å². The highest BCUT2D eigenvalue weighted by Crippen LogP contribution is 2.29. The zero-order valence-electron chi connectivity index (χ0n) is 11.3. The number of hydrogen-bond acceptors (Lipinski definition) is 4. The largest absolute Gasteiger partial charge is 0.460 e. The van der Waals surface area contributed by atoms with Crippen LogP contribution in [0, 0.1) is 0 Å². The fourth-order valence-corrected chi connectivity index (χ4v) is 2.82. The molecular weight excluding hydrogens is 254 g/mol. The summed E-state index contributed by atoms with van der Waals surface area (Å²) in [5.41, 5.74) is 3.52. The van der Waals surface area contributed by atoms with E-state index in [0.717, 1.165) is 47.8 Å². The van der Waals surface area contributed by atoms with Crippen LogP contribution in [-0.2, 0) is 17.6 Å². The molecule has 2 aromatic rings. The number of hydrogen-bond donors (Lipinski definition) is 1. The number of carbonyl (C=O) groups is 1. The molecule has 1 aliphatic carbocycles. The van der Waals surface area contributed by atoms with Crippen molar-refractivity contribution in [1.29, 1.82) is 0 Å². The SMILES string of the molecule is O=C(OCCO)c1c2c(nc3ccccc13)CCCC2. The molecule has 4 heteroatoms. The predicted octanol–water partition coefficient (Wildman–Crippen LogP) is 2.26. The first-order chi connectivity index (χ1) is 9.81. The fraction of sp³-hybridized carbons (Fsp3) is 0.375. The Hall–Kier alpha value is -1.94. The van der Waals surface area contributed by atoms with Crippen molar-refractivity contribution in [3.63, 3.8) is 0 Å². The van der Waals surface area contributed by atoms with E-state index in [1.165, 1.54) is 0 Å². The molecule has 0 unspecified atom stereocenters. The first kappa shape index (κ1) is 13.1. The van der Waals surface area contributed by atoms with Crippen LogP contribution in [0.2, 0.25) is 0 Å². The summed E-state index contributed by atoms with van der Waals surface area (Å²) in [5, 5.41) is 9.67. The molecule has 0 saturated heterocycles. The average Bonchev–Trinajstić information content (AvgIpc) is 2.50. The zero-order valence-corrected chi connectivity index (χ0v) is 11.3. The van der Waals surface area contributed by atoms with Crippen LogP contribution in [0.15, 0.2) is 24.3 Å². The van der Waals surface area contributed by atoms with Crippen LogP contribution in [-0.4, -0.2) is 29.3 Å². The lowest BCUT2D eigenvalue weighted by molar-refractivity contribution is 0.0434. The molecule has 20 heavy (non-hydrogen) atoms. The molecule has 3 rings (SSSR count). The second-order valence-electron chi connectivity index (χ2n) is 5.00. The van der Waals surface area contributed by atoms with E-state index < -0.39 is 0 Å². The molecular formula is C16H17NO3. The number of pyridine rings is 1. The minimum atomic E-state index is -0.351. The van der Waals surface area contributed by atoms with Gasteiger partial charge in [-0.1, -0.05) is 18.2 Å². The minimum Gasteiger partial charge on any atom is -0.460 e. The number of aromatic nitrogens is 1. The predicted molar refractivity (Wildman–Crippen MR) is 75.8 cm³/mol. The van der Waals surface area contributed by atoms with Gasteiger partial charge in [0.05, 0.1) is 17.7 Å². The number of nitrogens with zero attached hydrogens (tertiary/aromatic N) is 1. The molecule has 0 saturated carbocycles. The highest BCUT2D eigenvalue weighted by molar-refractivity contribution is 6.05. The lowest BCUT2D eigenvalue weighted by Gasteiger charge is -2.19. The van der Waals surface area contributed by atoms with Crippen LogP contribution in [0.5, 0.6) is 0 Å². The van der Waals surface area contributed by atoms with Gasteiger partial charge in [-0.25, -0.2) is 4.79 Å². The number of esters is 1. The molecule has 0 fully saturated rings. The summed E-state index contributed by atoms with van der Waals surface area (Å²) in [5.74, 6) is -0.351. The van der Waals surface area contributed by atoms with Gasteiger partial charge in [-0.05, 0) is 37.3 Å². The van der Waals surface area contributed by atoms with E-state index in [9.17, 15) is 4.79 Å². The normalized spacial score (nSPS) is 14.1. The number of para-hydroxylation sites is 1. The number of rotatable bonds is 3. The maximum absolute atomic E-state index is 12.3. The van der Waals surface area contributed by atoms with E-state index in [2.05, 4.69) is 4.98 Å². The van der Waals surface area contributed by atoms with Crippen LogP contribution in [0.25, 0.3) is 10.9 Å². The van der Waals surface area contributed by atoms with E-state index in [1.54, 1.807) is 0 Å². The van der Waals surface area contributed by atoms with Gasteiger partial charge in [-0.15, -0.1) is 0 Å². The van der Waals surface area contributed by atoms with Gasteiger partial charge in [0.2, 0.25) is 0 Å². The van der Waals surface area contributed by atoms with Crippen molar-refractivity contribution < 1.29 is 14.6 Å². The molecule has 0 bridgehead atoms. The Kier molecular flexibility index (Phi) is 3.65. The summed E-state index contributed by atoms with van der Waals surface area (Å²) < 4.78 is 5.13. The zero-order chi connectivity index (χ0) is 13.9. The first-order valence-electron chi connectivity index (χ1n) is 6.99. The van der Waals surface area contributed by atoms with Crippen LogP contribution in [0.4, 0.5) is 0 Å². The van der Waals surface area contributed by atoms with Crippen molar-refractivity contribution in [2.45, 2.75) is 25.7 Å². The lowest BCUT2D eigenvalue weighted by Crippen LogP contribution is -2.16. The molecule has 1 aromatic heterocycles. The maximum Gasteiger partial charge on any atom is 0.339 e. The number of benzene rings is 1. The monoisotopic (exact) mass is 271 g/mol. The minimum absolute atomic E-state index is 0.0320. The highest BCUT2D eigenvalue weighted by Gasteiger charge is 2.23. The standard InChI is InChI=1S/C16H17NO3/c18-9-10-20-16(19)15-11-5-1-3-7-13(11)17-14-8-4-2-6-12(14)15/h1,3,5,7,18H,2,4,6,8-10H2. The molecule has 1 aromatic carbocycles. The van der Waals surface area contributed by atoms with Crippen molar-refractivity contribution >= 4 is 16.9 Å². The smallest absolute Gasteiger partial charge is 0.339 e. The second-order valence-corrected chi connectivity index (χ2v) is 5.00. The highest BCUT2D eigenvalue weighted by atomic mass is 16.5. The Balaban J connectivity index is 2.17. The van der Waals surface area contributed by atoms with Crippen LogP contribution in [0.3, 0.4) is 0 Å². The van der Waals surface area contributed by atoms with Crippen molar-refractivity contribution in [2.24, 2.45) is 0 Å². The molecule has 1 N–H and O–H groups in total. The lowest BCUT2D eigenvalue weighted by atomic mass is 9.90. The third kappa shape index (κ3) is 2.27. The molecule has 1 aliphatic rings. The Morgan fingerprint density at radius 2 is 2.05 bits per heavy atom. The number of aliphatic hydroxyl groups excluding tert-OH is 1. The summed E-state index contributed by atoms with van der Waals surface area (Å²) in [6, 6.07) is 7.66. The molecule has 0 aliphatic heterocycles. The fourth-order valence-electron chi connectivity index (χ4n) is 2.82.